The Morgan fingerprint density at radius 3 is 3.00 bits per heavy atom. The molecule has 0 spiro atoms. The van der Waals surface area contributed by atoms with E-state index >= 15 is 0 Å². The summed E-state index contributed by atoms with van der Waals surface area (Å²) in [6, 6.07) is 2.67. The van der Waals surface area contributed by atoms with Gasteiger partial charge in [0, 0.05) is 6.04 Å². The van der Waals surface area contributed by atoms with E-state index in [1.807, 2.05) is 6.07 Å². The first kappa shape index (κ1) is 10.8. The smallest absolute Gasteiger partial charge is 0.271 e. The number of H-pyrrole nitrogens is 1. The molecule has 3 rings (SSSR count). The quantitative estimate of drug-likeness (QED) is 0.822. The highest BCUT2D eigenvalue weighted by Gasteiger charge is 2.27. The van der Waals surface area contributed by atoms with E-state index in [2.05, 4.69) is 27.5 Å². The molecule has 5 heteroatoms. The number of amides is 1. The second-order valence-corrected chi connectivity index (χ2v) is 5.09. The van der Waals surface area contributed by atoms with Crippen LogP contribution in [0.5, 0.6) is 0 Å². The lowest BCUT2D eigenvalue weighted by molar-refractivity contribution is 0.0946. The van der Waals surface area contributed by atoms with Gasteiger partial charge in [-0.15, -0.1) is 0 Å². The zero-order chi connectivity index (χ0) is 11.8. The first-order valence-electron chi connectivity index (χ1n) is 6.30. The lowest BCUT2D eigenvalue weighted by Gasteiger charge is -2.16. The fraction of sp³-hybridized carbons (Fsp3) is 0.667. The highest BCUT2D eigenvalue weighted by Crippen LogP contribution is 2.29. The molecular formula is C12H18N4O. The first-order valence-corrected chi connectivity index (χ1v) is 6.30. The summed E-state index contributed by atoms with van der Waals surface area (Å²) in [7, 11) is 2.11. The monoisotopic (exact) mass is 234 g/mol. The molecule has 0 aromatic carbocycles. The summed E-state index contributed by atoms with van der Waals surface area (Å²) in [5.41, 5.74) is 1.58. The van der Waals surface area contributed by atoms with Crippen molar-refractivity contribution in [2.45, 2.75) is 37.8 Å². The van der Waals surface area contributed by atoms with E-state index < -0.39 is 0 Å². The zero-order valence-corrected chi connectivity index (χ0v) is 10.1. The summed E-state index contributed by atoms with van der Waals surface area (Å²) >= 11 is 0. The van der Waals surface area contributed by atoms with Crippen molar-refractivity contribution in [3.8, 4) is 0 Å². The Labute approximate surface area is 101 Å². The Morgan fingerprint density at radius 1 is 1.53 bits per heavy atom. The van der Waals surface area contributed by atoms with Crippen molar-refractivity contribution in [1.82, 2.24) is 20.4 Å². The van der Waals surface area contributed by atoms with Crippen molar-refractivity contribution in [3.63, 3.8) is 0 Å². The SMILES string of the molecule is CN1CCCC1c1cc(C(=O)NC2CC2)n[nH]1. The van der Waals surface area contributed by atoms with Gasteiger partial charge >= 0.3 is 0 Å². The molecule has 2 fully saturated rings. The average molecular weight is 234 g/mol. The van der Waals surface area contributed by atoms with Crippen LogP contribution in [0.1, 0.15) is 47.9 Å². The molecule has 1 amide bonds. The maximum atomic E-state index is 11.8. The number of hydrogen-bond donors (Lipinski definition) is 2. The normalized spacial score (nSPS) is 25.1. The number of aromatic nitrogens is 2. The Bertz CT molecular complexity index is 424. The van der Waals surface area contributed by atoms with E-state index in [4.69, 9.17) is 0 Å². The molecule has 1 atom stereocenters. The summed E-state index contributed by atoms with van der Waals surface area (Å²) in [6.45, 7) is 1.12. The zero-order valence-electron chi connectivity index (χ0n) is 10.1. The van der Waals surface area contributed by atoms with E-state index in [1.54, 1.807) is 0 Å². The minimum Gasteiger partial charge on any atom is -0.348 e. The average Bonchev–Trinajstić information content (AvgIpc) is 2.82. The third kappa shape index (κ3) is 2.20. The van der Waals surface area contributed by atoms with Gasteiger partial charge in [-0.25, -0.2) is 0 Å². The number of nitrogens with zero attached hydrogens (tertiary/aromatic N) is 2. The summed E-state index contributed by atoms with van der Waals surface area (Å²) in [5, 5.41) is 10.1. The Morgan fingerprint density at radius 2 is 2.35 bits per heavy atom. The highest BCUT2D eigenvalue weighted by atomic mass is 16.2. The second kappa shape index (κ2) is 4.14. The minimum absolute atomic E-state index is 0.0457. The van der Waals surface area contributed by atoms with Crippen molar-refractivity contribution >= 4 is 5.91 Å². The Kier molecular flexibility index (Phi) is 2.63. The minimum atomic E-state index is -0.0457. The van der Waals surface area contributed by atoms with Crippen molar-refractivity contribution in [1.29, 1.82) is 0 Å². The first-order chi connectivity index (χ1) is 8.24. The number of rotatable bonds is 3. The van der Waals surface area contributed by atoms with Gasteiger partial charge in [-0.2, -0.15) is 5.10 Å². The molecule has 2 aliphatic rings. The number of likely N-dealkylation sites (tertiary alicyclic amines) is 1. The van der Waals surface area contributed by atoms with Gasteiger partial charge in [-0.1, -0.05) is 0 Å². The van der Waals surface area contributed by atoms with Crippen molar-refractivity contribution < 1.29 is 4.79 Å². The predicted octanol–water partition coefficient (Wildman–Crippen LogP) is 1.07. The number of hydrogen-bond acceptors (Lipinski definition) is 3. The lowest BCUT2D eigenvalue weighted by Crippen LogP contribution is -2.25. The van der Waals surface area contributed by atoms with Crippen LogP contribution >= 0.6 is 0 Å². The number of carbonyl (C=O) groups excluding carboxylic acids is 1. The van der Waals surface area contributed by atoms with E-state index in [0.29, 0.717) is 17.8 Å². The van der Waals surface area contributed by atoms with Crippen LogP contribution in [0.4, 0.5) is 0 Å². The van der Waals surface area contributed by atoms with Gasteiger partial charge in [0.25, 0.3) is 5.91 Å². The van der Waals surface area contributed by atoms with Crippen LogP contribution in [-0.2, 0) is 0 Å². The maximum Gasteiger partial charge on any atom is 0.271 e. The van der Waals surface area contributed by atoms with Crippen LogP contribution in [0.25, 0.3) is 0 Å². The van der Waals surface area contributed by atoms with Crippen LogP contribution in [0.2, 0.25) is 0 Å². The molecule has 1 aromatic rings. The standard InChI is InChI=1S/C12H18N4O/c1-16-6-2-3-11(16)9-7-10(15-14-9)12(17)13-8-4-5-8/h7-8,11H,2-6H2,1H3,(H,13,17)(H,14,15). The largest absolute Gasteiger partial charge is 0.348 e. The summed E-state index contributed by atoms with van der Waals surface area (Å²) in [4.78, 5) is 14.1. The molecular weight excluding hydrogens is 216 g/mol. The number of nitrogens with one attached hydrogen (secondary N) is 2. The fourth-order valence-electron chi connectivity index (χ4n) is 2.41. The van der Waals surface area contributed by atoms with Crippen LogP contribution in [0.15, 0.2) is 6.07 Å². The lowest BCUT2D eigenvalue weighted by atomic mass is 10.1. The predicted molar refractivity (Wildman–Crippen MR) is 63.7 cm³/mol. The maximum absolute atomic E-state index is 11.8. The molecule has 1 unspecified atom stereocenters. The molecule has 1 aliphatic heterocycles. The number of aromatic amines is 1. The molecule has 1 saturated carbocycles. The summed E-state index contributed by atoms with van der Waals surface area (Å²) in [5.74, 6) is -0.0457. The molecule has 1 saturated heterocycles. The van der Waals surface area contributed by atoms with Gasteiger partial charge in [0.1, 0.15) is 5.69 Å². The van der Waals surface area contributed by atoms with Crippen LogP contribution in [0, 0.1) is 0 Å². The van der Waals surface area contributed by atoms with Gasteiger partial charge in [0.05, 0.1) is 11.7 Å². The molecule has 1 aliphatic carbocycles. The molecule has 2 N–H and O–H groups in total. The second-order valence-electron chi connectivity index (χ2n) is 5.09. The number of carbonyl (C=O) groups is 1. The van der Waals surface area contributed by atoms with Crippen molar-refractivity contribution in [3.05, 3.63) is 17.5 Å². The fourth-order valence-corrected chi connectivity index (χ4v) is 2.41. The topological polar surface area (TPSA) is 61.0 Å². The van der Waals surface area contributed by atoms with E-state index in [0.717, 1.165) is 31.5 Å². The van der Waals surface area contributed by atoms with Crippen LogP contribution < -0.4 is 5.32 Å². The van der Waals surface area contributed by atoms with E-state index in [1.165, 1.54) is 6.42 Å². The van der Waals surface area contributed by atoms with Crippen LogP contribution in [0.3, 0.4) is 0 Å². The summed E-state index contributed by atoms with van der Waals surface area (Å²) in [6.07, 6.45) is 4.56. The highest BCUT2D eigenvalue weighted by molar-refractivity contribution is 5.92. The molecule has 17 heavy (non-hydrogen) atoms. The van der Waals surface area contributed by atoms with Gasteiger partial charge in [-0.05, 0) is 45.3 Å². The van der Waals surface area contributed by atoms with Gasteiger partial charge in [-0.3, -0.25) is 14.8 Å². The van der Waals surface area contributed by atoms with Gasteiger partial charge in [0.15, 0.2) is 0 Å². The van der Waals surface area contributed by atoms with Crippen molar-refractivity contribution in [2.24, 2.45) is 0 Å². The molecule has 5 nitrogen and oxygen atoms in total. The Balaban J connectivity index is 1.70. The van der Waals surface area contributed by atoms with Crippen molar-refractivity contribution in [2.75, 3.05) is 13.6 Å². The third-order valence-electron chi connectivity index (χ3n) is 3.62. The third-order valence-corrected chi connectivity index (χ3v) is 3.62. The summed E-state index contributed by atoms with van der Waals surface area (Å²) < 4.78 is 0. The molecule has 92 valence electrons. The molecule has 0 radical (unpaired) electrons. The van der Waals surface area contributed by atoms with Gasteiger partial charge in [0.2, 0.25) is 0 Å². The van der Waals surface area contributed by atoms with Crippen LogP contribution in [-0.4, -0.2) is 40.6 Å². The molecule has 0 bridgehead atoms. The Hall–Kier alpha value is -1.36. The van der Waals surface area contributed by atoms with Gasteiger partial charge < -0.3 is 5.32 Å². The molecule has 2 heterocycles. The van der Waals surface area contributed by atoms with E-state index in [9.17, 15) is 4.79 Å². The van der Waals surface area contributed by atoms with E-state index in [-0.39, 0.29) is 5.91 Å². The molecule has 1 aromatic heterocycles.